The molecular weight excluding hydrogens is 849 g/mol. The van der Waals surface area contributed by atoms with Gasteiger partial charge in [0.25, 0.3) is 21.6 Å². The summed E-state index contributed by atoms with van der Waals surface area (Å²) in [5, 5.41) is 16.4. The first-order chi connectivity index (χ1) is 30.1. The number of ether oxygens (including phenoxy) is 2. The number of piperazine rings is 1. The maximum absolute atomic E-state index is 15.4. The highest BCUT2D eigenvalue weighted by molar-refractivity contribution is 7.90. The zero-order valence-corrected chi connectivity index (χ0v) is 37.0. The number of amides is 1. The van der Waals surface area contributed by atoms with E-state index in [1.165, 1.54) is 28.8 Å². The third-order valence-corrected chi connectivity index (χ3v) is 14.0. The molecule has 2 saturated heterocycles. The van der Waals surface area contributed by atoms with Gasteiger partial charge in [-0.25, -0.2) is 22.5 Å². The number of halogens is 2. The standard InChI is InChI=1S/C46H51ClFN7O7S/c1-29-45(62-37-22-33-13-17-49-43(33)51-27-37)54(19-18-53(29)28-34-12-16-46(2,3)25-39(34)31-4-8-35(47)9-5-31)36-10-6-32(7-11-36)44(56)52-63(59,60)38-23-40(48)42(41(24-38)55(57)58)50-26-30-14-20-61-21-15-30/h4-11,13,17,22-24,27,29-30,45,50H,12,14-16,18-21,25-26,28H2,1-3H3,(H,49,51)(H,52,56). The molecule has 5 aromatic rings. The Kier molecular flexibility index (Phi) is 12.8. The number of fused-ring (bicyclic) bond motifs is 1. The maximum atomic E-state index is 15.4. The second kappa shape index (κ2) is 18.3. The number of H-pyrrole nitrogens is 1. The van der Waals surface area contributed by atoms with E-state index in [1.54, 1.807) is 18.3 Å². The molecule has 3 aromatic carbocycles. The number of benzene rings is 3. The number of hydrogen-bond acceptors (Lipinski definition) is 11. The Balaban J connectivity index is 1.01. The van der Waals surface area contributed by atoms with E-state index in [-0.39, 0.29) is 29.5 Å². The summed E-state index contributed by atoms with van der Waals surface area (Å²) in [6.45, 7) is 10.2. The fraction of sp³-hybridized carbons (Fsp3) is 0.391. The van der Waals surface area contributed by atoms with Gasteiger partial charge in [0.1, 0.15) is 17.1 Å². The summed E-state index contributed by atoms with van der Waals surface area (Å²) in [6, 6.07) is 19.7. The Labute approximate surface area is 371 Å². The van der Waals surface area contributed by atoms with Crippen molar-refractivity contribution in [3.8, 4) is 5.75 Å². The van der Waals surface area contributed by atoms with Crippen LogP contribution in [0.15, 0.2) is 95.7 Å². The van der Waals surface area contributed by atoms with Crippen molar-refractivity contribution in [2.75, 3.05) is 49.6 Å². The van der Waals surface area contributed by atoms with Crippen LogP contribution < -0.4 is 19.7 Å². The van der Waals surface area contributed by atoms with Gasteiger partial charge in [0, 0.05) is 73.3 Å². The normalized spacial score (nSPS) is 19.9. The van der Waals surface area contributed by atoms with E-state index in [4.69, 9.17) is 21.1 Å². The van der Waals surface area contributed by atoms with Crippen LogP contribution in [0.4, 0.5) is 21.5 Å². The van der Waals surface area contributed by atoms with Crippen molar-refractivity contribution in [3.05, 3.63) is 123 Å². The van der Waals surface area contributed by atoms with Gasteiger partial charge >= 0.3 is 0 Å². The van der Waals surface area contributed by atoms with Crippen molar-refractivity contribution in [1.82, 2.24) is 19.6 Å². The SMILES string of the molecule is CC1C(Oc2cnc3[nH]ccc3c2)N(c2ccc(C(=O)NS(=O)(=O)c3cc(F)c(NCC4CCOCC4)c([N+](=O)[O-])c3)cc2)CCN1CC1=C(c2ccc(Cl)cc2)CC(C)(C)CC1. The van der Waals surface area contributed by atoms with Crippen molar-refractivity contribution in [1.29, 1.82) is 0 Å². The molecule has 1 aliphatic carbocycles. The van der Waals surface area contributed by atoms with E-state index in [2.05, 4.69) is 58.0 Å². The van der Waals surface area contributed by atoms with Crippen molar-refractivity contribution >= 4 is 61.2 Å². The van der Waals surface area contributed by atoms with E-state index in [0.717, 1.165) is 48.6 Å². The number of pyridine rings is 1. The first-order valence-corrected chi connectivity index (χ1v) is 23.0. The van der Waals surface area contributed by atoms with Gasteiger partial charge in [-0.15, -0.1) is 0 Å². The van der Waals surface area contributed by atoms with Crippen LogP contribution in [0.25, 0.3) is 16.6 Å². The predicted molar refractivity (Wildman–Crippen MR) is 241 cm³/mol. The molecule has 0 saturated carbocycles. The molecule has 3 N–H and O–H groups in total. The number of nitrogens with zero attached hydrogens (tertiary/aromatic N) is 4. The molecule has 1 amide bonds. The number of nitro groups is 1. The first kappa shape index (κ1) is 44.1. The monoisotopic (exact) mass is 899 g/mol. The number of carbonyl (C=O) groups excluding carboxylic acids is 1. The van der Waals surface area contributed by atoms with Crippen LogP contribution in [0.3, 0.4) is 0 Å². The van der Waals surface area contributed by atoms with Gasteiger partial charge in [0.2, 0.25) is 0 Å². The van der Waals surface area contributed by atoms with Gasteiger partial charge < -0.3 is 24.7 Å². The minimum Gasteiger partial charge on any atom is -0.467 e. The largest absolute Gasteiger partial charge is 0.467 e. The smallest absolute Gasteiger partial charge is 0.296 e. The summed E-state index contributed by atoms with van der Waals surface area (Å²) in [5.74, 6) is -1.40. The molecule has 63 heavy (non-hydrogen) atoms. The molecular formula is C46H51ClFN7O7S. The number of nitrogens with one attached hydrogen (secondary N) is 3. The van der Waals surface area contributed by atoms with Crippen molar-refractivity contribution in [2.45, 2.75) is 70.0 Å². The zero-order chi connectivity index (χ0) is 44.5. The van der Waals surface area contributed by atoms with Crippen LogP contribution in [-0.2, 0) is 14.8 Å². The summed E-state index contributed by atoms with van der Waals surface area (Å²) in [7, 11) is -4.72. The van der Waals surface area contributed by atoms with E-state index < -0.39 is 49.2 Å². The second-order valence-electron chi connectivity index (χ2n) is 17.4. The van der Waals surface area contributed by atoms with Crippen LogP contribution in [0, 0.1) is 27.3 Å². The zero-order valence-electron chi connectivity index (χ0n) is 35.4. The fourth-order valence-corrected chi connectivity index (χ4v) is 9.92. The highest BCUT2D eigenvalue weighted by Crippen LogP contribution is 2.44. The molecule has 3 aliphatic rings. The van der Waals surface area contributed by atoms with E-state index in [9.17, 15) is 23.3 Å². The summed E-state index contributed by atoms with van der Waals surface area (Å²) in [5.41, 5.74) is 4.43. The highest BCUT2D eigenvalue weighted by Gasteiger charge is 2.38. The number of rotatable bonds is 13. The molecule has 0 spiro atoms. The molecule has 14 nitrogen and oxygen atoms in total. The number of nitro benzene ring substituents is 1. The Morgan fingerprint density at radius 3 is 2.56 bits per heavy atom. The van der Waals surface area contributed by atoms with Crippen LogP contribution in [0.1, 0.15) is 68.8 Å². The first-order valence-electron chi connectivity index (χ1n) is 21.2. The number of sulfonamides is 1. The fourth-order valence-electron chi connectivity index (χ4n) is 8.78. The summed E-state index contributed by atoms with van der Waals surface area (Å²) in [6.07, 6.45) is 7.45. The van der Waals surface area contributed by atoms with Crippen molar-refractivity contribution in [3.63, 3.8) is 0 Å². The molecule has 332 valence electrons. The van der Waals surface area contributed by atoms with Gasteiger partial charge in [-0.1, -0.05) is 43.2 Å². The average Bonchev–Trinajstić information content (AvgIpc) is 3.73. The number of allylic oxidation sites excluding steroid dienone is 1. The Bertz CT molecular complexity index is 2630. The number of hydrogen-bond donors (Lipinski definition) is 3. The average molecular weight is 900 g/mol. The summed E-state index contributed by atoms with van der Waals surface area (Å²) in [4.78, 5) is 36.0. The lowest BCUT2D eigenvalue weighted by Crippen LogP contribution is -2.61. The molecule has 0 bridgehead atoms. The van der Waals surface area contributed by atoms with Crippen LogP contribution in [-0.4, -0.2) is 85.8 Å². The lowest BCUT2D eigenvalue weighted by atomic mass is 9.72. The summed E-state index contributed by atoms with van der Waals surface area (Å²) >= 11 is 6.28. The van der Waals surface area contributed by atoms with E-state index in [0.29, 0.717) is 56.0 Å². The molecule has 0 radical (unpaired) electrons. The van der Waals surface area contributed by atoms with Crippen molar-refractivity contribution < 1.29 is 32.0 Å². The predicted octanol–water partition coefficient (Wildman–Crippen LogP) is 8.80. The minimum absolute atomic E-state index is 0.0141. The number of carbonyl (C=O) groups is 1. The summed E-state index contributed by atoms with van der Waals surface area (Å²) < 4.78 is 56.3. The van der Waals surface area contributed by atoms with Gasteiger partial charge in [0.15, 0.2) is 12.0 Å². The molecule has 4 heterocycles. The second-order valence-corrected chi connectivity index (χ2v) is 19.5. The topological polar surface area (TPSA) is 172 Å². The quantitative estimate of drug-likeness (QED) is 0.0762. The van der Waals surface area contributed by atoms with Gasteiger partial charge in [-0.2, -0.15) is 0 Å². The molecule has 2 aliphatic heterocycles. The molecule has 2 atom stereocenters. The van der Waals surface area contributed by atoms with Crippen LogP contribution in [0.2, 0.25) is 5.02 Å². The van der Waals surface area contributed by atoms with Gasteiger partial charge in [-0.3, -0.25) is 19.8 Å². The molecule has 2 aromatic heterocycles. The molecule has 8 rings (SSSR count). The number of anilines is 2. The molecule has 2 unspecified atom stereocenters. The van der Waals surface area contributed by atoms with Crippen LogP contribution >= 0.6 is 11.6 Å². The Morgan fingerprint density at radius 2 is 1.83 bits per heavy atom. The number of aromatic nitrogens is 2. The lowest BCUT2D eigenvalue weighted by Gasteiger charge is -2.47. The molecule has 2 fully saturated rings. The maximum Gasteiger partial charge on any atom is 0.296 e. The third kappa shape index (κ3) is 9.99. The van der Waals surface area contributed by atoms with Crippen LogP contribution in [0.5, 0.6) is 5.75 Å². The highest BCUT2D eigenvalue weighted by atomic mass is 35.5. The minimum atomic E-state index is -4.72. The van der Waals surface area contributed by atoms with E-state index in [1.807, 2.05) is 35.2 Å². The van der Waals surface area contributed by atoms with Gasteiger partial charge in [-0.05, 0) is 116 Å². The van der Waals surface area contributed by atoms with E-state index >= 15 is 4.39 Å². The lowest BCUT2D eigenvalue weighted by molar-refractivity contribution is -0.384. The Hall–Kier alpha value is -5.55. The number of aromatic amines is 1. The van der Waals surface area contributed by atoms with Gasteiger partial charge in [0.05, 0.1) is 22.1 Å². The third-order valence-electron chi connectivity index (χ3n) is 12.5. The van der Waals surface area contributed by atoms with Crippen molar-refractivity contribution in [2.24, 2.45) is 11.3 Å². The molecule has 17 heteroatoms. The Morgan fingerprint density at radius 1 is 1.08 bits per heavy atom.